The maximum Gasteiger partial charge on any atom is 0.243 e. The third-order valence-electron chi connectivity index (χ3n) is 3.10. The predicted octanol–water partition coefficient (Wildman–Crippen LogP) is 2.22. The summed E-state index contributed by atoms with van der Waals surface area (Å²) in [7, 11) is -2.08. The third-order valence-corrected chi connectivity index (χ3v) is 5.01. The van der Waals surface area contributed by atoms with Crippen molar-refractivity contribution in [1.82, 2.24) is 4.31 Å². The summed E-state index contributed by atoms with van der Waals surface area (Å²) in [6, 6.07) is 3.40. The second-order valence-corrected chi connectivity index (χ2v) is 6.17. The molecule has 0 amide bonds. The topological polar surface area (TPSA) is 63.4 Å². The van der Waals surface area contributed by atoms with Crippen LogP contribution in [0, 0.1) is 5.82 Å². The van der Waals surface area contributed by atoms with Crippen molar-refractivity contribution in [2.45, 2.75) is 37.6 Å². The van der Waals surface area contributed by atoms with Gasteiger partial charge >= 0.3 is 0 Å². The first-order valence-corrected chi connectivity index (χ1v) is 7.31. The van der Waals surface area contributed by atoms with E-state index in [0.717, 1.165) is 25.0 Å². The molecule has 0 aliphatic rings. The maximum atomic E-state index is 13.0. The second-order valence-electron chi connectivity index (χ2n) is 4.17. The van der Waals surface area contributed by atoms with Crippen molar-refractivity contribution >= 4 is 15.7 Å². The molecule has 0 aliphatic carbocycles. The van der Waals surface area contributed by atoms with E-state index in [1.54, 1.807) is 0 Å². The van der Waals surface area contributed by atoms with Crippen molar-refractivity contribution in [3.05, 3.63) is 24.0 Å². The van der Waals surface area contributed by atoms with Gasteiger partial charge in [0, 0.05) is 13.1 Å². The Balaban J connectivity index is 3.16. The van der Waals surface area contributed by atoms with Crippen LogP contribution in [0.3, 0.4) is 0 Å². The highest BCUT2D eigenvalue weighted by Gasteiger charge is 2.26. The minimum absolute atomic E-state index is 0.0239. The number of hydrogen-bond donors (Lipinski definition) is 1. The van der Waals surface area contributed by atoms with E-state index in [1.807, 2.05) is 13.8 Å². The van der Waals surface area contributed by atoms with Crippen molar-refractivity contribution in [1.29, 1.82) is 0 Å². The van der Waals surface area contributed by atoms with Crippen molar-refractivity contribution in [3.8, 4) is 0 Å². The lowest BCUT2D eigenvalue weighted by molar-refractivity contribution is 0.349. The molecule has 0 aliphatic heterocycles. The summed E-state index contributed by atoms with van der Waals surface area (Å²) in [5.74, 6) is -0.612. The maximum absolute atomic E-state index is 13.0. The van der Waals surface area contributed by atoms with Crippen LogP contribution in [-0.2, 0) is 10.0 Å². The van der Waals surface area contributed by atoms with Crippen LogP contribution in [0.5, 0.6) is 0 Å². The van der Waals surface area contributed by atoms with Crippen LogP contribution in [0.1, 0.15) is 26.7 Å². The lowest BCUT2D eigenvalue weighted by atomic mass is 10.2. The zero-order valence-electron chi connectivity index (χ0n) is 10.9. The largest absolute Gasteiger partial charge is 0.396 e. The minimum Gasteiger partial charge on any atom is -0.396 e. The van der Waals surface area contributed by atoms with Crippen LogP contribution in [0.2, 0.25) is 0 Å². The second kappa shape index (κ2) is 5.67. The van der Waals surface area contributed by atoms with E-state index in [9.17, 15) is 12.8 Å². The van der Waals surface area contributed by atoms with E-state index in [2.05, 4.69) is 0 Å². The van der Waals surface area contributed by atoms with Gasteiger partial charge in [0.25, 0.3) is 0 Å². The van der Waals surface area contributed by atoms with Gasteiger partial charge in [0.15, 0.2) is 0 Å². The number of rotatable bonds is 5. The molecular weight excluding hydrogens is 255 g/mol. The van der Waals surface area contributed by atoms with Crippen LogP contribution in [-0.4, -0.2) is 25.8 Å². The molecule has 0 aromatic heterocycles. The first kappa shape index (κ1) is 14.9. The number of benzene rings is 1. The zero-order valence-corrected chi connectivity index (χ0v) is 11.7. The van der Waals surface area contributed by atoms with Crippen molar-refractivity contribution in [2.24, 2.45) is 0 Å². The monoisotopic (exact) mass is 274 g/mol. The van der Waals surface area contributed by atoms with Crippen LogP contribution in [0.4, 0.5) is 10.1 Å². The molecule has 0 spiro atoms. The lowest BCUT2D eigenvalue weighted by Crippen LogP contribution is -2.36. The SMILES string of the molecule is CCC(CC)N(C)S(=O)(=O)c1ccc(F)c(N)c1. The molecule has 4 nitrogen and oxygen atoms in total. The van der Waals surface area contributed by atoms with Gasteiger partial charge in [0.1, 0.15) is 5.82 Å². The Morgan fingerprint density at radius 1 is 1.33 bits per heavy atom. The summed E-state index contributed by atoms with van der Waals surface area (Å²) < 4.78 is 39.0. The van der Waals surface area contributed by atoms with Crippen LogP contribution >= 0.6 is 0 Å². The molecule has 1 aromatic rings. The first-order chi connectivity index (χ1) is 8.34. The summed E-state index contributed by atoms with van der Waals surface area (Å²) in [6.07, 6.45) is 1.45. The normalized spacial score (nSPS) is 12.3. The molecule has 0 saturated carbocycles. The molecule has 0 fully saturated rings. The molecule has 2 N–H and O–H groups in total. The van der Waals surface area contributed by atoms with E-state index >= 15 is 0 Å². The number of nitrogen functional groups attached to an aromatic ring is 1. The number of hydrogen-bond acceptors (Lipinski definition) is 3. The average molecular weight is 274 g/mol. The number of sulfonamides is 1. The Morgan fingerprint density at radius 3 is 2.33 bits per heavy atom. The quantitative estimate of drug-likeness (QED) is 0.837. The highest BCUT2D eigenvalue weighted by atomic mass is 32.2. The Bertz CT molecular complexity index is 513. The number of nitrogens with two attached hydrogens (primary N) is 1. The lowest BCUT2D eigenvalue weighted by Gasteiger charge is -2.25. The third kappa shape index (κ3) is 2.81. The Labute approximate surface area is 108 Å². The van der Waals surface area contributed by atoms with Gasteiger partial charge in [0.05, 0.1) is 10.6 Å². The van der Waals surface area contributed by atoms with Gasteiger partial charge in [-0.2, -0.15) is 4.31 Å². The van der Waals surface area contributed by atoms with E-state index in [-0.39, 0.29) is 16.6 Å². The van der Waals surface area contributed by atoms with Gasteiger partial charge in [0.2, 0.25) is 10.0 Å². The molecule has 0 atom stereocenters. The zero-order chi connectivity index (χ0) is 13.9. The number of anilines is 1. The smallest absolute Gasteiger partial charge is 0.243 e. The van der Waals surface area contributed by atoms with E-state index in [1.165, 1.54) is 17.4 Å². The summed E-state index contributed by atoms with van der Waals surface area (Å²) in [5.41, 5.74) is 5.24. The molecule has 18 heavy (non-hydrogen) atoms. The predicted molar refractivity (Wildman–Crippen MR) is 70.1 cm³/mol. The van der Waals surface area contributed by atoms with Crippen LogP contribution in [0.15, 0.2) is 23.1 Å². The van der Waals surface area contributed by atoms with Crippen molar-refractivity contribution in [3.63, 3.8) is 0 Å². The van der Waals surface area contributed by atoms with E-state index in [4.69, 9.17) is 5.73 Å². The summed E-state index contributed by atoms with van der Waals surface area (Å²) in [6.45, 7) is 3.86. The van der Waals surface area contributed by atoms with Gasteiger partial charge in [-0.3, -0.25) is 0 Å². The number of halogens is 1. The van der Waals surface area contributed by atoms with Crippen LogP contribution < -0.4 is 5.73 Å². The highest BCUT2D eigenvalue weighted by molar-refractivity contribution is 7.89. The molecule has 0 heterocycles. The van der Waals surface area contributed by atoms with Crippen LogP contribution in [0.25, 0.3) is 0 Å². The molecule has 6 heteroatoms. The average Bonchev–Trinajstić information content (AvgIpc) is 2.33. The Kier molecular flexibility index (Phi) is 4.70. The highest BCUT2D eigenvalue weighted by Crippen LogP contribution is 2.22. The van der Waals surface area contributed by atoms with Crippen molar-refractivity contribution < 1.29 is 12.8 Å². The van der Waals surface area contributed by atoms with E-state index in [0.29, 0.717) is 0 Å². The Morgan fingerprint density at radius 2 is 1.89 bits per heavy atom. The van der Waals surface area contributed by atoms with Gasteiger partial charge in [-0.15, -0.1) is 0 Å². The molecule has 0 bridgehead atoms. The molecule has 0 radical (unpaired) electrons. The molecular formula is C12H19FN2O2S. The van der Waals surface area contributed by atoms with E-state index < -0.39 is 15.8 Å². The molecule has 102 valence electrons. The fourth-order valence-electron chi connectivity index (χ4n) is 1.85. The van der Waals surface area contributed by atoms with Gasteiger partial charge in [-0.1, -0.05) is 13.8 Å². The summed E-state index contributed by atoms with van der Waals surface area (Å²) in [5, 5.41) is 0. The number of nitrogens with zero attached hydrogens (tertiary/aromatic N) is 1. The molecule has 1 rings (SSSR count). The minimum atomic E-state index is -3.62. The fraction of sp³-hybridized carbons (Fsp3) is 0.500. The summed E-state index contributed by atoms with van der Waals surface area (Å²) in [4.78, 5) is 0.0239. The van der Waals surface area contributed by atoms with Gasteiger partial charge in [-0.05, 0) is 31.0 Å². The molecule has 1 aromatic carbocycles. The summed E-state index contributed by atoms with van der Waals surface area (Å²) >= 11 is 0. The first-order valence-electron chi connectivity index (χ1n) is 5.87. The molecule has 0 saturated heterocycles. The van der Waals surface area contributed by atoms with Gasteiger partial charge in [-0.25, -0.2) is 12.8 Å². The molecule has 0 unspecified atom stereocenters. The Hall–Kier alpha value is -1.14. The van der Waals surface area contributed by atoms with Crippen molar-refractivity contribution in [2.75, 3.05) is 12.8 Å². The van der Waals surface area contributed by atoms with Gasteiger partial charge < -0.3 is 5.73 Å². The fourth-order valence-corrected chi connectivity index (χ4v) is 3.39. The standard InChI is InChI=1S/C12H19FN2O2S/c1-4-9(5-2)15(3)18(16,17)10-6-7-11(13)12(14)8-10/h6-9H,4-5,14H2,1-3H3.